The molecule has 94 valence electrons. The van der Waals surface area contributed by atoms with Crippen LogP contribution in [0, 0.1) is 6.92 Å². The SMILES string of the molecule is Cc1nsc(SCc2ccnc(C(N)=NO)c2)n1. The average molecular weight is 281 g/mol. The van der Waals surface area contributed by atoms with E-state index < -0.39 is 0 Å². The van der Waals surface area contributed by atoms with Crippen molar-refractivity contribution in [2.24, 2.45) is 10.9 Å². The van der Waals surface area contributed by atoms with Crippen LogP contribution in [0.4, 0.5) is 0 Å². The molecule has 18 heavy (non-hydrogen) atoms. The van der Waals surface area contributed by atoms with Gasteiger partial charge in [-0.3, -0.25) is 4.98 Å². The third-order valence-electron chi connectivity index (χ3n) is 2.07. The normalized spacial score (nSPS) is 11.7. The molecule has 0 saturated heterocycles. The summed E-state index contributed by atoms with van der Waals surface area (Å²) in [6, 6.07) is 3.67. The lowest BCUT2D eigenvalue weighted by Crippen LogP contribution is -2.15. The van der Waals surface area contributed by atoms with E-state index in [1.54, 1.807) is 24.0 Å². The van der Waals surface area contributed by atoms with Crippen LogP contribution in [0.5, 0.6) is 0 Å². The third kappa shape index (κ3) is 3.17. The van der Waals surface area contributed by atoms with Crippen molar-refractivity contribution in [1.82, 2.24) is 14.3 Å². The number of aryl methyl sites for hydroxylation is 1. The third-order valence-corrected chi connectivity index (χ3v) is 4.06. The Kier molecular flexibility index (Phi) is 4.11. The number of rotatable bonds is 4. The highest BCUT2D eigenvalue weighted by Gasteiger charge is 2.05. The molecule has 0 bridgehead atoms. The number of nitrogens with zero attached hydrogens (tertiary/aromatic N) is 4. The first-order valence-electron chi connectivity index (χ1n) is 5.05. The summed E-state index contributed by atoms with van der Waals surface area (Å²) in [5.74, 6) is 1.53. The van der Waals surface area contributed by atoms with Gasteiger partial charge in [-0.05, 0) is 36.2 Å². The number of oxime groups is 1. The van der Waals surface area contributed by atoms with Crippen molar-refractivity contribution in [3.63, 3.8) is 0 Å². The fourth-order valence-corrected chi connectivity index (χ4v) is 2.83. The Bertz CT molecular complexity index is 569. The molecule has 8 heteroatoms. The number of thioether (sulfide) groups is 1. The van der Waals surface area contributed by atoms with Gasteiger partial charge in [0, 0.05) is 11.9 Å². The van der Waals surface area contributed by atoms with Gasteiger partial charge < -0.3 is 10.9 Å². The predicted molar refractivity (Wildman–Crippen MR) is 71.0 cm³/mol. The standard InChI is InChI=1S/C10H11N5OS2/c1-6-13-10(18-15-6)17-5-7-2-3-12-8(4-7)9(11)14-16/h2-4,16H,5H2,1H3,(H2,11,14). The Morgan fingerprint density at radius 2 is 2.44 bits per heavy atom. The van der Waals surface area contributed by atoms with Crippen LogP contribution in [0.25, 0.3) is 0 Å². The summed E-state index contributed by atoms with van der Waals surface area (Å²) < 4.78 is 5.04. The van der Waals surface area contributed by atoms with Crippen molar-refractivity contribution in [2.75, 3.05) is 0 Å². The van der Waals surface area contributed by atoms with Crippen molar-refractivity contribution in [3.05, 3.63) is 35.4 Å². The molecule has 0 unspecified atom stereocenters. The lowest BCUT2D eigenvalue weighted by atomic mass is 10.2. The molecule has 0 aromatic carbocycles. The molecule has 0 fully saturated rings. The number of hydrogen-bond donors (Lipinski definition) is 2. The molecule has 0 aliphatic rings. The fraction of sp³-hybridized carbons (Fsp3) is 0.200. The van der Waals surface area contributed by atoms with Gasteiger partial charge in [-0.2, -0.15) is 4.37 Å². The van der Waals surface area contributed by atoms with E-state index in [1.807, 2.05) is 13.0 Å². The molecule has 6 nitrogen and oxygen atoms in total. The summed E-state index contributed by atoms with van der Waals surface area (Å²) in [4.78, 5) is 8.28. The van der Waals surface area contributed by atoms with Crippen molar-refractivity contribution in [1.29, 1.82) is 0 Å². The number of nitrogens with two attached hydrogens (primary N) is 1. The minimum absolute atomic E-state index is 0.00797. The molecule has 0 aliphatic heterocycles. The molecule has 2 rings (SSSR count). The summed E-state index contributed by atoms with van der Waals surface area (Å²) in [7, 11) is 0. The molecule has 2 heterocycles. The van der Waals surface area contributed by atoms with E-state index in [9.17, 15) is 0 Å². The second-order valence-electron chi connectivity index (χ2n) is 3.43. The highest BCUT2D eigenvalue weighted by atomic mass is 32.2. The van der Waals surface area contributed by atoms with E-state index in [-0.39, 0.29) is 5.84 Å². The highest BCUT2D eigenvalue weighted by molar-refractivity contribution is 8.00. The zero-order valence-electron chi connectivity index (χ0n) is 9.57. The molecular weight excluding hydrogens is 270 g/mol. The van der Waals surface area contributed by atoms with Crippen LogP contribution < -0.4 is 5.73 Å². The van der Waals surface area contributed by atoms with Crippen LogP contribution in [0.1, 0.15) is 17.1 Å². The zero-order valence-corrected chi connectivity index (χ0v) is 11.2. The Morgan fingerprint density at radius 1 is 1.61 bits per heavy atom. The van der Waals surface area contributed by atoms with Gasteiger partial charge in [-0.25, -0.2) is 4.98 Å². The lowest BCUT2D eigenvalue weighted by molar-refractivity contribution is 0.318. The largest absolute Gasteiger partial charge is 0.409 e. The topological polar surface area (TPSA) is 97.3 Å². The second kappa shape index (κ2) is 5.78. The van der Waals surface area contributed by atoms with E-state index in [4.69, 9.17) is 10.9 Å². The van der Waals surface area contributed by atoms with Crippen LogP contribution >= 0.6 is 23.3 Å². The Labute approximate surface area is 112 Å². The average Bonchev–Trinajstić information content (AvgIpc) is 2.81. The van der Waals surface area contributed by atoms with Gasteiger partial charge >= 0.3 is 0 Å². The summed E-state index contributed by atoms with van der Waals surface area (Å²) in [5, 5.41) is 11.5. The first kappa shape index (κ1) is 12.8. The highest BCUT2D eigenvalue weighted by Crippen LogP contribution is 2.24. The molecular formula is C10H11N5OS2. The molecule has 0 aliphatic carbocycles. The first-order chi connectivity index (χ1) is 8.69. The molecule has 0 atom stereocenters. The zero-order chi connectivity index (χ0) is 13.0. The van der Waals surface area contributed by atoms with Gasteiger partial charge in [-0.1, -0.05) is 16.9 Å². The van der Waals surface area contributed by atoms with E-state index in [0.29, 0.717) is 5.69 Å². The van der Waals surface area contributed by atoms with Crippen molar-refractivity contribution >= 4 is 29.1 Å². The van der Waals surface area contributed by atoms with Crippen molar-refractivity contribution in [2.45, 2.75) is 17.0 Å². The Hall–Kier alpha value is -1.67. The van der Waals surface area contributed by atoms with Crippen molar-refractivity contribution < 1.29 is 5.21 Å². The van der Waals surface area contributed by atoms with Crippen LogP contribution in [-0.2, 0) is 5.75 Å². The van der Waals surface area contributed by atoms with E-state index in [2.05, 4.69) is 19.5 Å². The molecule has 3 N–H and O–H groups in total. The summed E-state index contributed by atoms with van der Waals surface area (Å²) in [6.45, 7) is 1.86. The minimum atomic E-state index is 0.00797. The number of hydrogen-bond acceptors (Lipinski definition) is 7. The maximum Gasteiger partial charge on any atom is 0.188 e. The smallest absolute Gasteiger partial charge is 0.188 e. The second-order valence-corrected chi connectivity index (χ2v) is 5.41. The van der Waals surface area contributed by atoms with Crippen LogP contribution in [0.2, 0.25) is 0 Å². The molecule has 0 saturated carbocycles. The van der Waals surface area contributed by atoms with E-state index in [1.165, 1.54) is 11.5 Å². The predicted octanol–water partition coefficient (Wildman–Crippen LogP) is 1.63. The number of amidine groups is 1. The van der Waals surface area contributed by atoms with Crippen LogP contribution in [0.15, 0.2) is 27.8 Å². The molecule has 0 radical (unpaired) electrons. The minimum Gasteiger partial charge on any atom is -0.409 e. The summed E-state index contributed by atoms with van der Waals surface area (Å²) >= 11 is 2.98. The molecule has 2 aromatic rings. The van der Waals surface area contributed by atoms with Gasteiger partial charge in [0.05, 0.1) is 0 Å². The maximum atomic E-state index is 8.59. The van der Waals surface area contributed by atoms with Gasteiger partial charge in [-0.15, -0.1) is 0 Å². The quantitative estimate of drug-likeness (QED) is 0.291. The maximum absolute atomic E-state index is 8.59. The van der Waals surface area contributed by atoms with E-state index in [0.717, 1.165) is 21.5 Å². The first-order valence-corrected chi connectivity index (χ1v) is 6.81. The number of pyridine rings is 1. The van der Waals surface area contributed by atoms with Gasteiger partial charge in [0.15, 0.2) is 10.2 Å². The van der Waals surface area contributed by atoms with E-state index >= 15 is 0 Å². The van der Waals surface area contributed by atoms with Gasteiger partial charge in [0.2, 0.25) is 0 Å². The van der Waals surface area contributed by atoms with Crippen molar-refractivity contribution in [3.8, 4) is 0 Å². The van der Waals surface area contributed by atoms with Gasteiger partial charge in [0.25, 0.3) is 0 Å². The molecule has 0 amide bonds. The summed E-state index contributed by atoms with van der Waals surface area (Å²) in [5.41, 5.74) is 6.98. The number of aromatic nitrogens is 3. The van der Waals surface area contributed by atoms with Crippen LogP contribution in [-0.4, -0.2) is 25.4 Å². The van der Waals surface area contributed by atoms with Crippen LogP contribution in [0.3, 0.4) is 0 Å². The lowest BCUT2D eigenvalue weighted by Gasteiger charge is -2.01. The Balaban J connectivity index is 2.05. The monoisotopic (exact) mass is 281 g/mol. The Morgan fingerprint density at radius 3 is 3.11 bits per heavy atom. The fourth-order valence-electron chi connectivity index (χ4n) is 1.24. The van der Waals surface area contributed by atoms with Gasteiger partial charge in [0.1, 0.15) is 11.5 Å². The summed E-state index contributed by atoms with van der Waals surface area (Å²) in [6.07, 6.45) is 1.63. The molecule has 2 aromatic heterocycles. The molecule has 0 spiro atoms.